The molecule has 2 aromatic carbocycles. The van der Waals surface area contributed by atoms with E-state index in [1.54, 1.807) is 18.0 Å². The number of furan rings is 1. The SMILES string of the molecule is CCOc1ccccc1N1CCN(C(=O)c2occc2CSc2ccccc2)CC1. The van der Waals surface area contributed by atoms with Gasteiger partial charge in [0, 0.05) is 42.4 Å². The average molecular weight is 423 g/mol. The van der Waals surface area contributed by atoms with Crippen molar-refractivity contribution >= 4 is 23.4 Å². The van der Waals surface area contributed by atoms with Crippen molar-refractivity contribution in [2.24, 2.45) is 0 Å². The Morgan fingerprint density at radius 2 is 1.73 bits per heavy atom. The van der Waals surface area contributed by atoms with Crippen LogP contribution >= 0.6 is 11.8 Å². The Morgan fingerprint density at radius 1 is 1.00 bits per heavy atom. The number of nitrogens with zero attached hydrogens (tertiary/aromatic N) is 2. The van der Waals surface area contributed by atoms with Crippen LogP contribution in [0.3, 0.4) is 0 Å². The first kappa shape index (κ1) is 20.4. The van der Waals surface area contributed by atoms with E-state index in [2.05, 4.69) is 23.1 Å². The van der Waals surface area contributed by atoms with Gasteiger partial charge < -0.3 is 19.0 Å². The van der Waals surface area contributed by atoms with E-state index in [0.29, 0.717) is 31.2 Å². The Morgan fingerprint density at radius 3 is 2.50 bits per heavy atom. The molecule has 1 aliphatic heterocycles. The van der Waals surface area contributed by atoms with Gasteiger partial charge in [0.1, 0.15) is 5.75 Å². The summed E-state index contributed by atoms with van der Waals surface area (Å²) in [6, 6.07) is 20.2. The fourth-order valence-electron chi connectivity index (χ4n) is 3.60. The highest BCUT2D eigenvalue weighted by Gasteiger charge is 2.27. The molecule has 0 aliphatic carbocycles. The van der Waals surface area contributed by atoms with E-state index in [1.807, 2.05) is 54.3 Å². The predicted octanol–water partition coefficient (Wildman–Crippen LogP) is 4.93. The molecule has 0 bridgehead atoms. The summed E-state index contributed by atoms with van der Waals surface area (Å²) in [7, 11) is 0. The Balaban J connectivity index is 1.38. The number of hydrogen-bond acceptors (Lipinski definition) is 5. The lowest BCUT2D eigenvalue weighted by atomic mass is 10.2. The van der Waals surface area contributed by atoms with Crippen LogP contribution in [0, 0.1) is 0 Å². The summed E-state index contributed by atoms with van der Waals surface area (Å²) in [6.45, 7) is 5.48. The van der Waals surface area contributed by atoms with Crippen molar-refractivity contribution in [1.29, 1.82) is 0 Å². The van der Waals surface area contributed by atoms with E-state index in [9.17, 15) is 4.79 Å². The van der Waals surface area contributed by atoms with Crippen molar-refractivity contribution in [2.45, 2.75) is 17.6 Å². The van der Waals surface area contributed by atoms with Crippen molar-refractivity contribution in [3.05, 3.63) is 78.3 Å². The molecule has 0 saturated carbocycles. The Labute approximate surface area is 181 Å². The van der Waals surface area contributed by atoms with Crippen molar-refractivity contribution in [3.8, 4) is 5.75 Å². The number of carbonyl (C=O) groups excluding carboxylic acids is 1. The summed E-state index contributed by atoms with van der Waals surface area (Å²) in [6.07, 6.45) is 1.61. The average Bonchev–Trinajstić information content (AvgIpc) is 3.27. The molecule has 0 unspecified atom stereocenters. The summed E-state index contributed by atoms with van der Waals surface area (Å²) in [5.74, 6) is 2.04. The second-order valence-corrected chi connectivity index (χ2v) is 8.11. The highest BCUT2D eigenvalue weighted by atomic mass is 32.2. The van der Waals surface area contributed by atoms with E-state index in [1.165, 1.54) is 4.90 Å². The molecule has 30 heavy (non-hydrogen) atoms. The molecule has 6 heteroatoms. The van der Waals surface area contributed by atoms with Crippen molar-refractivity contribution in [3.63, 3.8) is 0 Å². The maximum absolute atomic E-state index is 13.1. The minimum absolute atomic E-state index is 0.0265. The lowest BCUT2D eigenvalue weighted by molar-refractivity contribution is 0.0713. The molecule has 1 aliphatic rings. The summed E-state index contributed by atoms with van der Waals surface area (Å²) in [5.41, 5.74) is 2.03. The quantitative estimate of drug-likeness (QED) is 0.505. The van der Waals surface area contributed by atoms with Gasteiger partial charge in [0.25, 0.3) is 5.91 Å². The maximum Gasteiger partial charge on any atom is 0.289 e. The molecule has 2 heterocycles. The van der Waals surface area contributed by atoms with Crippen LogP contribution in [-0.2, 0) is 5.75 Å². The zero-order valence-electron chi connectivity index (χ0n) is 17.1. The Hall–Kier alpha value is -2.86. The number of rotatable bonds is 7. The maximum atomic E-state index is 13.1. The highest BCUT2D eigenvalue weighted by molar-refractivity contribution is 7.98. The normalized spacial score (nSPS) is 14.0. The molecular weight excluding hydrogens is 396 g/mol. The first-order valence-electron chi connectivity index (χ1n) is 10.3. The Bertz CT molecular complexity index is 965. The molecule has 0 radical (unpaired) electrons. The zero-order chi connectivity index (χ0) is 20.8. The Kier molecular flexibility index (Phi) is 6.64. The monoisotopic (exact) mass is 422 g/mol. The summed E-state index contributed by atoms with van der Waals surface area (Å²) in [5, 5.41) is 0. The van der Waals surface area contributed by atoms with E-state index in [4.69, 9.17) is 9.15 Å². The van der Waals surface area contributed by atoms with Gasteiger partial charge in [0.05, 0.1) is 18.6 Å². The van der Waals surface area contributed by atoms with E-state index in [0.717, 1.165) is 30.1 Å². The third-order valence-electron chi connectivity index (χ3n) is 5.15. The van der Waals surface area contributed by atoms with Crippen LogP contribution in [0.15, 0.2) is 76.2 Å². The molecule has 0 spiro atoms. The molecule has 1 fully saturated rings. The van der Waals surface area contributed by atoms with E-state index in [-0.39, 0.29) is 5.91 Å². The number of amides is 1. The molecule has 1 aromatic heterocycles. The van der Waals surface area contributed by atoms with E-state index < -0.39 is 0 Å². The largest absolute Gasteiger partial charge is 0.492 e. The second-order valence-electron chi connectivity index (χ2n) is 7.06. The van der Waals surface area contributed by atoms with Gasteiger partial charge in [-0.05, 0) is 37.3 Å². The fourth-order valence-corrected chi connectivity index (χ4v) is 4.50. The number of benzene rings is 2. The van der Waals surface area contributed by atoms with Crippen molar-refractivity contribution in [1.82, 2.24) is 4.90 Å². The van der Waals surface area contributed by atoms with Gasteiger partial charge in [-0.15, -0.1) is 11.8 Å². The zero-order valence-corrected chi connectivity index (χ0v) is 17.9. The van der Waals surface area contributed by atoms with Gasteiger partial charge in [-0.25, -0.2) is 0 Å². The molecule has 0 atom stereocenters. The molecule has 156 valence electrons. The topological polar surface area (TPSA) is 45.9 Å². The number of anilines is 1. The highest BCUT2D eigenvalue weighted by Crippen LogP contribution is 2.30. The first-order valence-corrected chi connectivity index (χ1v) is 11.2. The summed E-state index contributed by atoms with van der Waals surface area (Å²) in [4.78, 5) is 18.4. The lowest BCUT2D eigenvalue weighted by Crippen LogP contribution is -2.49. The first-order chi connectivity index (χ1) is 14.8. The molecule has 5 nitrogen and oxygen atoms in total. The molecule has 1 saturated heterocycles. The van der Waals surface area contributed by atoms with Crippen LogP contribution in [0.2, 0.25) is 0 Å². The predicted molar refractivity (Wildman–Crippen MR) is 120 cm³/mol. The number of piperazine rings is 1. The molecule has 3 aromatic rings. The molecule has 0 N–H and O–H groups in total. The number of carbonyl (C=O) groups is 1. The van der Waals surface area contributed by atoms with Crippen LogP contribution in [0.25, 0.3) is 0 Å². The summed E-state index contributed by atoms with van der Waals surface area (Å²) >= 11 is 1.71. The number of hydrogen-bond donors (Lipinski definition) is 0. The van der Waals surface area contributed by atoms with Crippen molar-refractivity contribution in [2.75, 3.05) is 37.7 Å². The smallest absolute Gasteiger partial charge is 0.289 e. The van der Waals surface area contributed by atoms with Gasteiger partial charge in [0.2, 0.25) is 0 Å². The minimum atomic E-state index is -0.0265. The van der Waals surface area contributed by atoms with Gasteiger partial charge in [0.15, 0.2) is 5.76 Å². The van der Waals surface area contributed by atoms with E-state index >= 15 is 0 Å². The third-order valence-corrected chi connectivity index (χ3v) is 6.21. The standard InChI is InChI=1S/C24H26N2O3S/c1-2-28-22-11-7-6-10-21(22)25-13-15-26(16-14-25)24(27)23-19(12-17-29-23)18-30-20-8-4-3-5-9-20/h3-12,17H,2,13-16,18H2,1H3. The van der Waals surface area contributed by atoms with Gasteiger partial charge in [-0.2, -0.15) is 0 Å². The lowest BCUT2D eigenvalue weighted by Gasteiger charge is -2.36. The van der Waals surface area contributed by atoms with Crippen LogP contribution in [0.1, 0.15) is 23.0 Å². The van der Waals surface area contributed by atoms with Gasteiger partial charge in [-0.3, -0.25) is 4.79 Å². The number of thioether (sulfide) groups is 1. The van der Waals surface area contributed by atoms with Crippen LogP contribution in [-0.4, -0.2) is 43.6 Å². The third kappa shape index (κ3) is 4.65. The molecule has 4 rings (SSSR count). The fraction of sp³-hybridized carbons (Fsp3) is 0.292. The summed E-state index contributed by atoms with van der Waals surface area (Å²) < 4.78 is 11.4. The second kappa shape index (κ2) is 9.76. The molecular formula is C24H26N2O3S. The van der Waals surface area contributed by atoms with Crippen LogP contribution in [0.4, 0.5) is 5.69 Å². The van der Waals surface area contributed by atoms with Crippen molar-refractivity contribution < 1.29 is 13.9 Å². The van der Waals surface area contributed by atoms with Crippen LogP contribution < -0.4 is 9.64 Å². The van der Waals surface area contributed by atoms with Gasteiger partial charge >= 0.3 is 0 Å². The molecule has 1 amide bonds. The minimum Gasteiger partial charge on any atom is -0.492 e. The number of para-hydroxylation sites is 2. The number of ether oxygens (including phenoxy) is 1. The van der Waals surface area contributed by atoms with Gasteiger partial charge in [-0.1, -0.05) is 30.3 Å². The van der Waals surface area contributed by atoms with Crippen LogP contribution in [0.5, 0.6) is 5.75 Å².